The van der Waals surface area contributed by atoms with Gasteiger partial charge in [-0.05, 0) is 24.1 Å². The summed E-state index contributed by atoms with van der Waals surface area (Å²) in [7, 11) is -3.31. The second kappa shape index (κ2) is 8.79. The minimum Gasteiger partial charge on any atom is -0.383 e. The second-order valence-corrected chi connectivity index (χ2v) is 6.81. The Morgan fingerprint density at radius 2 is 2.10 bits per heavy atom. The number of hydrogen-bond donors (Lipinski definition) is 2. The summed E-state index contributed by atoms with van der Waals surface area (Å²) in [6, 6.07) is 6.68. The summed E-state index contributed by atoms with van der Waals surface area (Å²) < 4.78 is 24.7. The summed E-state index contributed by atoms with van der Waals surface area (Å²) in [5.41, 5.74) is 1.05. The van der Waals surface area contributed by atoms with Crippen molar-refractivity contribution in [2.75, 3.05) is 17.5 Å². The lowest BCUT2D eigenvalue weighted by atomic mass is 10.1. The van der Waals surface area contributed by atoms with Crippen molar-refractivity contribution >= 4 is 21.9 Å². The van der Waals surface area contributed by atoms with Crippen LogP contribution in [0.15, 0.2) is 29.3 Å². The molecule has 1 rings (SSSR count). The van der Waals surface area contributed by atoms with Crippen molar-refractivity contribution in [3.63, 3.8) is 0 Å². The van der Waals surface area contributed by atoms with E-state index in [4.69, 9.17) is 0 Å². The molecular weight excluding hydrogens is 288 g/mol. The van der Waals surface area contributed by atoms with E-state index in [1.165, 1.54) is 19.1 Å². The molecule has 0 aliphatic rings. The Bertz CT molecular complexity index is 556. The fourth-order valence-corrected chi connectivity index (χ4v) is 2.45. The average molecular weight is 312 g/mol. The number of rotatable bonds is 9. The number of benzene rings is 1. The summed E-state index contributed by atoms with van der Waals surface area (Å²) >= 11 is 0. The molecule has 0 bridgehead atoms. The van der Waals surface area contributed by atoms with E-state index in [2.05, 4.69) is 16.6 Å². The highest BCUT2D eigenvalue weighted by Gasteiger charge is 2.07. The van der Waals surface area contributed by atoms with Crippen molar-refractivity contribution in [1.29, 1.82) is 0 Å². The first-order valence-electron chi connectivity index (χ1n) is 7.18. The SMILES string of the molecule is CCCCCCN=CC(O)c1cccc(NS(C)(=O)=O)c1. The molecule has 0 saturated heterocycles. The lowest BCUT2D eigenvalue weighted by Gasteiger charge is -2.09. The maximum absolute atomic E-state index is 11.2. The van der Waals surface area contributed by atoms with Crippen molar-refractivity contribution in [2.45, 2.75) is 38.7 Å². The summed E-state index contributed by atoms with van der Waals surface area (Å²) in [4.78, 5) is 4.21. The molecule has 0 spiro atoms. The van der Waals surface area contributed by atoms with E-state index in [1.807, 2.05) is 0 Å². The third-order valence-electron chi connectivity index (χ3n) is 2.92. The molecule has 118 valence electrons. The van der Waals surface area contributed by atoms with Crippen LogP contribution < -0.4 is 4.72 Å². The number of nitrogens with zero attached hydrogens (tertiary/aromatic N) is 1. The highest BCUT2D eigenvalue weighted by molar-refractivity contribution is 7.92. The fourth-order valence-electron chi connectivity index (χ4n) is 1.89. The van der Waals surface area contributed by atoms with Crippen molar-refractivity contribution in [1.82, 2.24) is 0 Å². The Labute approximate surface area is 127 Å². The van der Waals surface area contributed by atoms with Crippen LogP contribution in [0, 0.1) is 0 Å². The van der Waals surface area contributed by atoms with Gasteiger partial charge in [-0.2, -0.15) is 0 Å². The van der Waals surface area contributed by atoms with E-state index in [0.29, 0.717) is 17.8 Å². The first-order valence-corrected chi connectivity index (χ1v) is 9.07. The zero-order chi connectivity index (χ0) is 15.7. The molecule has 0 aliphatic heterocycles. The second-order valence-electron chi connectivity index (χ2n) is 5.06. The molecule has 0 aromatic heterocycles. The normalized spacial score (nSPS) is 13.5. The number of unbranched alkanes of at least 4 members (excludes halogenated alkanes) is 3. The highest BCUT2D eigenvalue weighted by atomic mass is 32.2. The lowest BCUT2D eigenvalue weighted by molar-refractivity contribution is 0.252. The molecule has 2 N–H and O–H groups in total. The Hall–Kier alpha value is -1.40. The maximum atomic E-state index is 11.2. The van der Waals surface area contributed by atoms with Crippen LogP contribution in [0.25, 0.3) is 0 Å². The number of aliphatic hydroxyl groups is 1. The summed E-state index contributed by atoms with van der Waals surface area (Å²) in [5.74, 6) is 0. The van der Waals surface area contributed by atoms with Gasteiger partial charge in [0.05, 0.1) is 6.26 Å². The van der Waals surface area contributed by atoms with Gasteiger partial charge in [-0.25, -0.2) is 8.42 Å². The van der Waals surface area contributed by atoms with Gasteiger partial charge >= 0.3 is 0 Å². The Balaban J connectivity index is 2.56. The Kier molecular flexibility index (Phi) is 7.39. The number of hydrogen-bond acceptors (Lipinski definition) is 4. The molecule has 1 aromatic carbocycles. The minimum absolute atomic E-state index is 0.436. The fraction of sp³-hybridized carbons (Fsp3) is 0.533. The van der Waals surface area contributed by atoms with Crippen LogP contribution in [0.5, 0.6) is 0 Å². The molecule has 0 radical (unpaired) electrons. The van der Waals surface area contributed by atoms with Gasteiger partial charge in [-0.3, -0.25) is 9.71 Å². The zero-order valence-corrected chi connectivity index (χ0v) is 13.4. The molecule has 5 nitrogen and oxygen atoms in total. The van der Waals surface area contributed by atoms with Gasteiger partial charge in [-0.1, -0.05) is 38.3 Å². The third-order valence-corrected chi connectivity index (χ3v) is 3.53. The standard InChI is InChI=1S/C15H24N2O3S/c1-3-4-5-6-10-16-12-15(18)13-8-7-9-14(11-13)17-21(2,19)20/h7-9,11-12,15,17-18H,3-6,10H2,1-2H3. The average Bonchev–Trinajstić information content (AvgIpc) is 2.41. The maximum Gasteiger partial charge on any atom is 0.229 e. The topological polar surface area (TPSA) is 78.8 Å². The monoisotopic (exact) mass is 312 g/mol. The Morgan fingerprint density at radius 1 is 1.33 bits per heavy atom. The number of aliphatic hydroxyl groups excluding tert-OH is 1. The van der Waals surface area contributed by atoms with Gasteiger partial charge in [0.1, 0.15) is 6.10 Å². The summed E-state index contributed by atoms with van der Waals surface area (Å²) in [6.07, 6.45) is 6.34. The molecule has 0 amide bonds. The molecule has 0 fully saturated rings. The molecule has 1 unspecified atom stereocenters. The summed E-state index contributed by atoms with van der Waals surface area (Å²) in [6.45, 7) is 2.86. The van der Waals surface area contributed by atoms with Crippen LogP contribution >= 0.6 is 0 Å². The van der Waals surface area contributed by atoms with Crippen molar-refractivity contribution in [2.24, 2.45) is 4.99 Å². The van der Waals surface area contributed by atoms with Gasteiger partial charge in [-0.15, -0.1) is 0 Å². The molecule has 1 atom stereocenters. The van der Waals surface area contributed by atoms with Crippen molar-refractivity contribution < 1.29 is 13.5 Å². The quantitative estimate of drug-likeness (QED) is 0.543. The van der Waals surface area contributed by atoms with Crippen LogP contribution in [0.4, 0.5) is 5.69 Å². The van der Waals surface area contributed by atoms with E-state index in [-0.39, 0.29) is 0 Å². The number of nitrogens with one attached hydrogen (secondary N) is 1. The van der Waals surface area contributed by atoms with Crippen LogP contribution in [0.2, 0.25) is 0 Å². The van der Waals surface area contributed by atoms with Crippen LogP contribution in [0.1, 0.15) is 44.3 Å². The molecular formula is C15H24N2O3S. The molecule has 1 aromatic rings. The number of anilines is 1. The van der Waals surface area contributed by atoms with Gasteiger partial charge in [0.15, 0.2) is 0 Å². The lowest BCUT2D eigenvalue weighted by Crippen LogP contribution is -2.10. The number of aliphatic imine (C=N–C) groups is 1. The van der Waals surface area contributed by atoms with Crippen LogP contribution in [-0.2, 0) is 10.0 Å². The van der Waals surface area contributed by atoms with Gasteiger partial charge in [0.2, 0.25) is 10.0 Å². The molecule has 6 heteroatoms. The van der Waals surface area contributed by atoms with Gasteiger partial charge in [0.25, 0.3) is 0 Å². The smallest absolute Gasteiger partial charge is 0.229 e. The molecule has 0 saturated carbocycles. The third kappa shape index (κ3) is 7.82. The van der Waals surface area contributed by atoms with E-state index in [1.54, 1.807) is 24.3 Å². The van der Waals surface area contributed by atoms with E-state index >= 15 is 0 Å². The molecule has 21 heavy (non-hydrogen) atoms. The van der Waals surface area contributed by atoms with Gasteiger partial charge < -0.3 is 5.11 Å². The predicted molar refractivity (Wildman–Crippen MR) is 87.4 cm³/mol. The van der Waals surface area contributed by atoms with E-state index in [9.17, 15) is 13.5 Å². The molecule has 0 heterocycles. The predicted octanol–water partition coefficient (Wildman–Crippen LogP) is 2.74. The Morgan fingerprint density at radius 3 is 2.76 bits per heavy atom. The minimum atomic E-state index is -3.31. The number of sulfonamides is 1. The van der Waals surface area contributed by atoms with Crippen molar-refractivity contribution in [3.05, 3.63) is 29.8 Å². The first-order chi connectivity index (χ1) is 9.92. The molecule has 0 aliphatic carbocycles. The van der Waals surface area contributed by atoms with Gasteiger partial charge in [0, 0.05) is 18.4 Å². The van der Waals surface area contributed by atoms with E-state index in [0.717, 1.165) is 19.1 Å². The van der Waals surface area contributed by atoms with Crippen LogP contribution in [0.3, 0.4) is 0 Å². The largest absolute Gasteiger partial charge is 0.383 e. The zero-order valence-electron chi connectivity index (χ0n) is 12.6. The highest BCUT2D eigenvalue weighted by Crippen LogP contribution is 2.17. The first kappa shape index (κ1) is 17.7. The van der Waals surface area contributed by atoms with Crippen LogP contribution in [-0.4, -0.2) is 32.5 Å². The summed E-state index contributed by atoms with van der Waals surface area (Å²) in [5, 5.41) is 10.0. The van der Waals surface area contributed by atoms with E-state index < -0.39 is 16.1 Å². The van der Waals surface area contributed by atoms with Crippen molar-refractivity contribution in [3.8, 4) is 0 Å².